The number of hydrogen-bond acceptors (Lipinski definition) is 5. The van der Waals surface area contributed by atoms with E-state index >= 15 is 0 Å². The maximum atomic E-state index is 12.4. The number of carbonyl (C=O) groups excluding carboxylic acids is 3. The molecule has 0 saturated carbocycles. The van der Waals surface area contributed by atoms with Crippen molar-refractivity contribution in [2.45, 2.75) is 43.8 Å². The molecule has 3 atom stereocenters. The zero-order valence-corrected chi connectivity index (χ0v) is 12.4. The lowest BCUT2D eigenvalue weighted by molar-refractivity contribution is -0.128. The Hall–Kier alpha value is -1.61. The molecule has 0 unspecified atom stereocenters. The minimum Gasteiger partial charge on any atom is -0.352 e. The Morgan fingerprint density at radius 3 is 2.86 bits per heavy atom. The van der Waals surface area contributed by atoms with Crippen molar-refractivity contribution in [2.24, 2.45) is 0 Å². The fourth-order valence-corrected chi connectivity index (χ4v) is 3.53. The van der Waals surface area contributed by atoms with E-state index < -0.39 is 12.1 Å². The molecule has 3 rings (SSSR count). The largest absolute Gasteiger partial charge is 0.352 e. The minimum atomic E-state index is -0.482. The molecule has 9 heteroatoms. The number of urea groups is 1. The minimum absolute atomic E-state index is 0.0678. The molecule has 0 aliphatic carbocycles. The molecule has 119 valence electrons. The average molecular weight is 307 g/mol. The summed E-state index contributed by atoms with van der Waals surface area (Å²) in [5.74, 6) is -0.137. The second-order valence-electron chi connectivity index (χ2n) is 6.14. The van der Waals surface area contributed by atoms with Crippen LogP contribution in [0.5, 0.6) is 0 Å². The van der Waals surface area contributed by atoms with Crippen LogP contribution in [0.25, 0.3) is 0 Å². The van der Waals surface area contributed by atoms with E-state index in [1.807, 2.05) is 4.81 Å². The first-order chi connectivity index (χ1) is 10.6. The van der Waals surface area contributed by atoms with Crippen molar-refractivity contribution in [3.63, 3.8) is 0 Å². The van der Waals surface area contributed by atoms with E-state index in [2.05, 4.69) is 5.32 Å². The molecule has 3 saturated heterocycles. The lowest BCUT2D eigenvalue weighted by Gasteiger charge is -2.29. The van der Waals surface area contributed by atoms with E-state index in [0.29, 0.717) is 13.0 Å². The molecule has 1 radical (unpaired) electrons. The molecule has 2 N–H and O–H groups in total. The summed E-state index contributed by atoms with van der Waals surface area (Å²) in [6.07, 6.45) is 3.83. The van der Waals surface area contributed by atoms with Crippen molar-refractivity contribution < 1.29 is 19.6 Å². The van der Waals surface area contributed by atoms with Gasteiger partial charge >= 0.3 is 6.03 Å². The van der Waals surface area contributed by atoms with Crippen LogP contribution >= 0.6 is 0 Å². The van der Waals surface area contributed by atoms with Crippen molar-refractivity contribution in [1.29, 1.82) is 0 Å². The molecule has 3 fully saturated rings. The van der Waals surface area contributed by atoms with Gasteiger partial charge in [-0.25, -0.2) is 9.86 Å². The van der Waals surface area contributed by atoms with E-state index in [4.69, 9.17) is 0 Å². The summed E-state index contributed by atoms with van der Waals surface area (Å²) in [7, 11) is 1.54. The van der Waals surface area contributed by atoms with Crippen LogP contribution in [-0.4, -0.2) is 83.3 Å². The van der Waals surface area contributed by atoms with Gasteiger partial charge in [0.25, 0.3) is 7.41 Å². The lowest BCUT2D eigenvalue weighted by atomic mass is 9.94. The van der Waals surface area contributed by atoms with E-state index in [1.165, 1.54) is 4.90 Å². The van der Waals surface area contributed by atoms with Gasteiger partial charge in [0.15, 0.2) is 0 Å². The molecule has 0 aromatic rings. The van der Waals surface area contributed by atoms with Gasteiger partial charge in [0, 0.05) is 19.0 Å². The normalized spacial score (nSPS) is 32.0. The van der Waals surface area contributed by atoms with Gasteiger partial charge in [0.1, 0.15) is 6.04 Å². The second kappa shape index (κ2) is 6.25. The first kappa shape index (κ1) is 15.3. The molecule has 2 bridgehead atoms. The zero-order valence-electron chi connectivity index (χ0n) is 12.4. The number of nitrogens with one attached hydrogen (secondary N) is 1. The molecule has 0 aromatic heterocycles. The fraction of sp³-hybridized carbons (Fsp3) is 0.769. The molecule has 22 heavy (non-hydrogen) atoms. The predicted molar refractivity (Wildman–Crippen MR) is 77.8 cm³/mol. The molecule has 3 heterocycles. The maximum Gasteiger partial charge on any atom is 0.344 e. The Balaban J connectivity index is 1.52. The molecule has 3 aliphatic rings. The topological polar surface area (TPSA) is 93.2 Å². The monoisotopic (exact) mass is 307 g/mol. The fourth-order valence-electron chi connectivity index (χ4n) is 3.53. The third-order valence-electron chi connectivity index (χ3n) is 4.75. The average Bonchev–Trinajstić information content (AvgIpc) is 2.96. The highest BCUT2D eigenvalue weighted by Gasteiger charge is 2.51. The SMILES string of the molecule is O=C[B]N1CCC[C@H](NC(=O)[C@@H]2C[C@H]3CN2C(=O)N3O)CC1. The van der Waals surface area contributed by atoms with Crippen LogP contribution in [0.4, 0.5) is 4.79 Å². The lowest BCUT2D eigenvalue weighted by Crippen LogP contribution is -2.52. The predicted octanol–water partition coefficient (Wildman–Crippen LogP) is -0.966. The number of hydrogen-bond donors (Lipinski definition) is 2. The van der Waals surface area contributed by atoms with Gasteiger partial charge in [-0.2, -0.15) is 0 Å². The van der Waals surface area contributed by atoms with Crippen LogP contribution < -0.4 is 5.32 Å². The van der Waals surface area contributed by atoms with Gasteiger partial charge in [-0.15, -0.1) is 0 Å². The van der Waals surface area contributed by atoms with E-state index in [-0.39, 0.29) is 18.0 Å². The Kier molecular flexibility index (Phi) is 4.35. The van der Waals surface area contributed by atoms with E-state index in [1.54, 1.807) is 7.41 Å². The van der Waals surface area contributed by atoms with Crippen molar-refractivity contribution in [3.05, 3.63) is 0 Å². The number of amides is 3. The highest BCUT2D eigenvalue weighted by Crippen LogP contribution is 2.30. The van der Waals surface area contributed by atoms with Crippen LogP contribution in [0, 0.1) is 0 Å². The Morgan fingerprint density at radius 1 is 1.36 bits per heavy atom. The number of hydroxylamine groups is 2. The molecule has 3 amide bonds. The van der Waals surface area contributed by atoms with Crippen LogP contribution in [0.1, 0.15) is 25.7 Å². The first-order valence-corrected chi connectivity index (χ1v) is 7.72. The highest BCUT2D eigenvalue weighted by molar-refractivity contribution is 6.64. The summed E-state index contributed by atoms with van der Waals surface area (Å²) in [6, 6.07) is -1.15. The Labute approximate surface area is 129 Å². The van der Waals surface area contributed by atoms with Gasteiger partial charge in [0.05, 0.1) is 12.2 Å². The second-order valence-corrected chi connectivity index (χ2v) is 6.14. The summed E-state index contributed by atoms with van der Waals surface area (Å²) in [5.41, 5.74) is 0. The van der Waals surface area contributed by atoms with Crippen LogP contribution in [0.3, 0.4) is 0 Å². The number of rotatable bonds is 4. The van der Waals surface area contributed by atoms with Crippen LogP contribution in [-0.2, 0) is 9.59 Å². The quantitative estimate of drug-likeness (QED) is 0.396. The molecule has 8 nitrogen and oxygen atoms in total. The molecule has 0 aromatic carbocycles. The Bertz CT molecular complexity index is 477. The Morgan fingerprint density at radius 2 is 2.18 bits per heavy atom. The van der Waals surface area contributed by atoms with Gasteiger partial charge < -0.3 is 19.8 Å². The first-order valence-electron chi connectivity index (χ1n) is 7.72. The standard InChI is InChI=1S/C13H20BN4O4/c19-8-14-16-4-1-2-9(3-5-16)15-12(20)11-6-10-7-17(11)13(21)18(10)22/h8-11,22H,1-7H2,(H,15,20)/t9-,10-,11-/m0/s1. The highest BCUT2D eigenvalue weighted by atomic mass is 16.5. The summed E-state index contributed by atoms with van der Waals surface area (Å²) >= 11 is 0. The molecular formula is C13H20BN4O4. The van der Waals surface area contributed by atoms with Crippen molar-refractivity contribution >= 4 is 25.5 Å². The molecule has 3 aliphatic heterocycles. The van der Waals surface area contributed by atoms with Crippen molar-refractivity contribution in [1.82, 2.24) is 20.1 Å². The number of carbonyl (C=O) groups is 3. The van der Waals surface area contributed by atoms with Crippen molar-refractivity contribution in [2.75, 3.05) is 19.6 Å². The number of nitrogens with zero attached hydrogens (tertiary/aromatic N) is 3. The van der Waals surface area contributed by atoms with Gasteiger partial charge in [-0.3, -0.25) is 10.0 Å². The summed E-state index contributed by atoms with van der Waals surface area (Å²) in [4.78, 5) is 38.0. The van der Waals surface area contributed by atoms with E-state index in [9.17, 15) is 19.6 Å². The smallest absolute Gasteiger partial charge is 0.344 e. The maximum absolute atomic E-state index is 12.4. The van der Waals surface area contributed by atoms with Crippen LogP contribution in [0.15, 0.2) is 0 Å². The van der Waals surface area contributed by atoms with Crippen LogP contribution in [0.2, 0.25) is 0 Å². The third kappa shape index (κ3) is 2.82. The summed E-state index contributed by atoms with van der Waals surface area (Å²) in [5, 5.41) is 13.2. The number of fused-ring (bicyclic) bond motifs is 2. The molecule has 0 spiro atoms. The van der Waals surface area contributed by atoms with Gasteiger partial charge in [0.2, 0.25) is 5.91 Å². The molecular weight excluding hydrogens is 287 g/mol. The van der Waals surface area contributed by atoms with Gasteiger partial charge in [-0.05, 0) is 32.4 Å². The van der Waals surface area contributed by atoms with E-state index in [0.717, 1.165) is 43.6 Å². The third-order valence-corrected chi connectivity index (χ3v) is 4.75. The van der Waals surface area contributed by atoms with Gasteiger partial charge in [-0.1, -0.05) is 0 Å². The summed E-state index contributed by atoms with van der Waals surface area (Å²) in [6.45, 7) is 1.98. The van der Waals surface area contributed by atoms with Crippen molar-refractivity contribution in [3.8, 4) is 0 Å². The summed E-state index contributed by atoms with van der Waals surface area (Å²) < 4.78 is 0. The zero-order chi connectivity index (χ0) is 15.7.